The molecule has 1 rings (SSSR count). The van der Waals surface area contributed by atoms with E-state index in [0.29, 0.717) is 5.56 Å². The molecule has 1 aromatic carbocycles. The lowest BCUT2D eigenvalue weighted by atomic mass is 10.2. The van der Waals surface area contributed by atoms with Crippen molar-refractivity contribution in [2.24, 2.45) is 0 Å². The van der Waals surface area contributed by atoms with Gasteiger partial charge in [0.25, 0.3) is 0 Å². The number of rotatable bonds is 4. The number of ether oxygens (including phenoxy) is 1. The van der Waals surface area contributed by atoms with Crippen molar-refractivity contribution in [1.82, 2.24) is 0 Å². The SMILES string of the molecule is Fc1cc(C#CCCl)cc(OCCCC(F)(F)F)c1. The van der Waals surface area contributed by atoms with Crippen LogP contribution >= 0.6 is 11.6 Å². The van der Waals surface area contributed by atoms with Crippen LogP contribution in [0.3, 0.4) is 0 Å². The minimum Gasteiger partial charge on any atom is -0.493 e. The Balaban J connectivity index is 2.56. The topological polar surface area (TPSA) is 9.23 Å². The van der Waals surface area contributed by atoms with Crippen molar-refractivity contribution in [1.29, 1.82) is 0 Å². The van der Waals surface area contributed by atoms with E-state index in [2.05, 4.69) is 11.8 Å². The van der Waals surface area contributed by atoms with E-state index in [1.165, 1.54) is 12.1 Å². The zero-order chi connectivity index (χ0) is 14.3. The Bertz CT molecular complexity index is 474. The highest BCUT2D eigenvalue weighted by Crippen LogP contribution is 2.22. The zero-order valence-electron chi connectivity index (χ0n) is 9.86. The lowest BCUT2D eigenvalue weighted by Crippen LogP contribution is -2.09. The molecule has 0 unspecified atom stereocenters. The summed E-state index contributed by atoms with van der Waals surface area (Å²) in [6, 6.07) is 3.75. The van der Waals surface area contributed by atoms with Gasteiger partial charge >= 0.3 is 6.18 Å². The monoisotopic (exact) mass is 294 g/mol. The largest absolute Gasteiger partial charge is 0.493 e. The van der Waals surface area contributed by atoms with Gasteiger partial charge in [-0.25, -0.2) is 4.39 Å². The van der Waals surface area contributed by atoms with Crippen LogP contribution in [0.15, 0.2) is 18.2 Å². The Kier molecular flexibility index (Phi) is 5.97. The molecule has 104 valence electrons. The third-order valence-corrected chi connectivity index (χ3v) is 2.18. The first-order valence-corrected chi connectivity index (χ1v) is 5.99. The number of hydrogen-bond donors (Lipinski definition) is 0. The first-order valence-electron chi connectivity index (χ1n) is 5.46. The van der Waals surface area contributed by atoms with Gasteiger partial charge in [0.1, 0.15) is 11.6 Å². The summed E-state index contributed by atoms with van der Waals surface area (Å²) in [7, 11) is 0. The van der Waals surface area contributed by atoms with Crippen molar-refractivity contribution in [3.05, 3.63) is 29.6 Å². The van der Waals surface area contributed by atoms with Gasteiger partial charge < -0.3 is 4.74 Å². The van der Waals surface area contributed by atoms with Crippen LogP contribution in [0.5, 0.6) is 5.75 Å². The first kappa shape index (κ1) is 15.6. The van der Waals surface area contributed by atoms with Crippen LogP contribution in [0.2, 0.25) is 0 Å². The predicted molar refractivity (Wildman–Crippen MR) is 64.8 cm³/mol. The minimum absolute atomic E-state index is 0.109. The molecule has 1 aromatic rings. The first-order chi connectivity index (χ1) is 8.90. The van der Waals surface area contributed by atoms with Crippen LogP contribution < -0.4 is 4.74 Å². The molecule has 0 radical (unpaired) electrons. The second-order valence-electron chi connectivity index (χ2n) is 3.68. The van der Waals surface area contributed by atoms with Crippen molar-refractivity contribution >= 4 is 11.6 Å². The molecule has 0 aliphatic rings. The Morgan fingerprint density at radius 2 is 1.95 bits per heavy atom. The molecule has 0 spiro atoms. The van der Waals surface area contributed by atoms with Gasteiger partial charge in [0, 0.05) is 18.1 Å². The molecule has 0 aromatic heterocycles. The van der Waals surface area contributed by atoms with Gasteiger partial charge in [-0.05, 0) is 18.6 Å². The Labute approximate surface area is 113 Å². The number of alkyl halides is 4. The molecule has 0 bridgehead atoms. The molecule has 0 aliphatic carbocycles. The Morgan fingerprint density at radius 3 is 2.58 bits per heavy atom. The summed E-state index contributed by atoms with van der Waals surface area (Å²) in [5, 5.41) is 0. The molecular formula is C13H11ClF4O. The Morgan fingerprint density at radius 1 is 1.21 bits per heavy atom. The summed E-state index contributed by atoms with van der Waals surface area (Å²) >= 11 is 5.37. The highest BCUT2D eigenvalue weighted by Gasteiger charge is 2.26. The molecule has 0 fully saturated rings. The number of benzene rings is 1. The average molecular weight is 295 g/mol. The molecule has 0 saturated heterocycles. The van der Waals surface area contributed by atoms with Crippen LogP contribution in [0.1, 0.15) is 18.4 Å². The summed E-state index contributed by atoms with van der Waals surface area (Å²) in [5.74, 6) is 4.86. The van der Waals surface area contributed by atoms with Crippen molar-refractivity contribution < 1.29 is 22.3 Å². The van der Waals surface area contributed by atoms with Crippen LogP contribution in [0, 0.1) is 17.7 Å². The van der Waals surface area contributed by atoms with Crippen molar-refractivity contribution in [2.45, 2.75) is 19.0 Å². The molecule has 6 heteroatoms. The van der Waals surface area contributed by atoms with Crippen LogP contribution in [0.25, 0.3) is 0 Å². The van der Waals surface area contributed by atoms with Crippen LogP contribution in [0.4, 0.5) is 17.6 Å². The quantitative estimate of drug-likeness (QED) is 0.351. The molecule has 0 atom stereocenters. The van der Waals surface area contributed by atoms with E-state index in [9.17, 15) is 17.6 Å². The van der Waals surface area contributed by atoms with Gasteiger partial charge in [-0.3, -0.25) is 0 Å². The fourth-order valence-electron chi connectivity index (χ4n) is 1.32. The summed E-state index contributed by atoms with van der Waals surface area (Å²) in [6.45, 7) is -0.134. The summed E-state index contributed by atoms with van der Waals surface area (Å²) < 4.78 is 54.0. The van der Waals surface area contributed by atoms with Gasteiger partial charge in [0.15, 0.2) is 0 Å². The van der Waals surface area contributed by atoms with Gasteiger partial charge in [-0.1, -0.05) is 11.8 Å². The van der Waals surface area contributed by atoms with Gasteiger partial charge in [0.2, 0.25) is 0 Å². The highest BCUT2D eigenvalue weighted by molar-refractivity contribution is 6.19. The van der Waals surface area contributed by atoms with E-state index in [1.807, 2.05) is 0 Å². The second-order valence-corrected chi connectivity index (χ2v) is 3.95. The third-order valence-electron chi connectivity index (χ3n) is 2.04. The van der Waals surface area contributed by atoms with E-state index in [4.69, 9.17) is 16.3 Å². The number of halogens is 5. The lowest BCUT2D eigenvalue weighted by molar-refractivity contribution is -0.136. The summed E-state index contributed by atoms with van der Waals surface area (Å²) in [5.41, 5.74) is 0.367. The standard InChI is InChI=1S/C13H11ClF4O/c14-5-1-3-10-7-11(15)9-12(8-10)19-6-2-4-13(16,17)18/h7-9H,2,4-6H2. The highest BCUT2D eigenvalue weighted by atomic mass is 35.5. The summed E-state index contributed by atoms with van der Waals surface area (Å²) in [6.07, 6.45) is -5.31. The van der Waals surface area contributed by atoms with Crippen molar-refractivity contribution in [2.75, 3.05) is 12.5 Å². The van der Waals surface area contributed by atoms with Gasteiger partial charge in [0.05, 0.1) is 12.5 Å². The van der Waals surface area contributed by atoms with Gasteiger partial charge in [-0.2, -0.15) is 13.2 Å². The lowest BCUT2D eigenvalue weighted by Gasteiger charge is -2.08. The van der Waals surface area contributed by atoms with Crippen LogP contribution in [-0.4, -0.2) is 18.7 Å². The van der Waals surface area contributed by atoms with Crippen molar-refractivity contribution in [3.63, 3.8) is 0 Å². The van der Waals surface area contributed by atoms with Gasteiger partial charge in [-0.15, -0.1) is 11.6 Å². The molecule has 19 heavy (non-hydrogen) atoms. The molecule has 0 saturated carbocycles. The minimum atomic E-state index is -4.21. The zero-order valence-corrected chi connectivity index (χ0v) is 10.6. The smallest absolute Gasteiger partial charge is 0.389 e. The fourth-order valence-corrected chi connectivity index (χ4v) is 1.38. The molecule has 0 N–H and O–H groups in total. The molecular weight excluding hydrogens is 284 g/mol. The van der Waals surface area contributed by atoms with E-state index in [1.54, 1.807) is 0 Å². The molecule has 0 heterocycles. The van der Waals surface area contributed by atoms with E-state index >= 15 is 0 Å². The third kappa shape index (κ3) is 6.92. The summed E-state index contributed by atoms with van der Waals surface area (Å²) in [4.78, 5) is 0. The Hall–Kier alpha value is -1.41. The average Bonchev–Trinajstić information content (AvgIpc) is 2.30. The predicted octanol–water partition coefficient (Wildman–Crippen LogP) is 4.14. The maximum absolute atomic E-state index is 13.2. The molecule has 0 aliphatic heterocycles. The molecule has 1 nitrogen and oxygen atoms in total. The molecule has 0 amide bonds. The normalized spacial score (nSPS) is 10.8. The maximum Gasteiger partial charge on any atom is 0.389 e. The van der Waals surface area contributed by atoms with E-state index < -0.39 is 18.4 Å². The second kappa shape index (κ2) is 7.25. The van der Waals surface area contributed by atoms with E-state index in [-0.39, 0.29) is 24.7 Å². The number of hydrogen-bond acceptors (Lipinski definition) is 1. The maximum atomic E-state index is 13.2. The van der Waals surface area contributed by atoms with E-state index in [0.717, 1.165) is 6.07 Å². The fraction of sp³-hybridized carbons (Fsp3) is 0.385. The van der Waals surface area contributed by atoms with Crippen LogP contribution in [-0.2, 0) is 0 Å². The van der Waals surface area contributed by atoms with Crippen molar-refractivity contribution in [3.8, 4) is 17.6 Å².